The van der Waals surface area contributed by atoms with Crippen molar-refractivity contribution in [3.63, 3.8) is 0 Å². The second kappa shape index (κ2) is 3.81. The van der Waals surface area contributed by atoms with Crippen LogP contribution in [0.1, 0.15) is 19.5 Å². The Hall–Kier alpha value is -1.44. The minimum atomic E-state index is 0.871. The maximum Gasteiger partial charge on any atom is 0.0909 e. The van der Waals surface area contributed by atoms with Crippen LogP contribution in [0.25, 0.3) is 5.57 Å². The predicted molar refractivity (Wildman–Crippen MR) is 52.8 cm³/mol. The Labute approximate surface area is 72.7 Å². The Morgan fingerprint density at radius 1 is 1.67 bits per heavy atom. The van der Waals surface area contributed by atoms with Crippen molar-refractivity contribution in [3.8, 4) is 0 Å². The van der Waals surface area contributed by atoms with Crippen LogP contribution in [-0.4, -0.2) is 11.2 Å². The minimum Gasteiger partial charge on any atom is -0.259 e. The standard InChI is InChI=1S/C10H12N2/c1-4-11-9-6-5-7-12-10(9)8(2)3/h4-7H,2H2,1,3H3. The molecule has 1 aromatic heterocycles. The summed E-state index contributed by atoms with van der Waals surface area (Å²) in [6.45, 7) is 7.64. The molecule has 0 aromatic carbocycles. The van der Waals surface area contributed by atoms with E-state index in [1.165, 1.54) is 0 Å². The summed E-state index contributed by atoms with van der Waals surface area (Å²) in [6, 6.07) is 3.80. The Kier molecular flexibility index (Phi) is 2.75. The van der Waals surface area contributed by atoms with Crippen molar-refractivity contribution >= 4 is 17.5 Å². The largest absolute Gasteiger partial charge is 0.259 e. The summed E-state index contributed by atoms with van der Waals surface area (Å²) < 4.78 is 0. The van der Waals surface area contributed by atoms with E-state index in [2.05, 4.69) is 16.6 Å². The number of rotatable bonds is 2. The van der Waals surface area contributed by atoms with Gasteiger partial charge < -0.3 is 0 Å². The van der Waals surface area contributed by atoms with Gasteiger partial charge in [0, 0.05) is 12.4 Å². The minimum absolute atomic E-state index is 0.871. The van der Waals surface area contributed by atoms with Crippen LogP contribution < -0.4 is 0 Å². The smallest absolute Gasteiger partial charge is 0.0909 e. The van der Waals surface area contributed by atoms with Gasteiger partial charge in [0.05, 0.1) is 11.4 Å². The number of hydrogen-bond donors (Lipinski definition) is 0. The molecular formula is C10H12N2. The van der Waals surface area contributed by atoms with Gasteiger partial charge in [0.1, 0.15) is 0 Å². The maximum atomic E-state index is 4.18. The van der Waals surface area contributed by atoms with E-state index in [0.717, 1.165) is 17.0 Å². The third-order valence-corrected chi connectivity index (χ3v) is 1.46. The molecule has 0 amide bonds. The van der Waals surface area contributed by atoms with E-state index in [1.807, 2.05) is 26.0 Å². The number of pyridine rings is 1. The highest BCUT2D eigenvalue weighted by Gasteiger charge is 2.00. The third kappa shape index (κ3) is 1.78. The molecule has 2 heteroatoms. The zero-order chi connectivity index (χ0) is 8.97. The molecule has 0 saturated heterocycles. The van der Waals surface area contributed by atoms with Crippen LogP contribution >= 0.6 is 0 Å². The summed E-state index contributed by atoms with van der Waals surface area (Å²) in [5, 5.41) is 0. The van der Waals surface area contributed by atoms with E-state index in [-0.39, 0.29) is 0 Å². The highest BCUT2D eigenvalue weighted by atomic mass is 14.8. The molecule has 1 heterocycles. The van der Waals surface area contributed by atoms with E-state index in [4.69, 9.17) is 0 Å². The van der Waals surface area contributed by atoms with Crippen LogP contribution in [0.2, 0.25) is 0 Å². The van der Waals surface area contributed by atoms with Crippen molar-refractivity contribution in [2.24, 2.45) is 4.99 Å². The Bertz CT molecular complexity index is 313. The molecule has 62 valence electrons. The molecule has 1 rings (SSSR count). The van der Waals surface area contributed by atoms with Gasteiger partial charge in [-0.05, 0) is 31.6 Å². The first kappa shape index (κ1) is 8.65. The lowest BCUT2D eigenvalue weighted by atomic mass is 10.2. The highest BCUT2D eigenvalue weighted by molar-refractivity contribution is 5.72. The average Bonchev–Trinajstić information content (AvgIpc) is 2.05. The summed E-state index contributed by atoms with van der Waals surface area (Å²) in [4.78, 5) is 8.36. The molecule has 0 radical (unpaired) electrons. The SMILES string of the molecule is C=C(C)c1ncccc1N=CC. The van der Waals surface area contributed by atoms with Gasteiger partial charge in [-0.3, -0.25) is 9.98 Å². The van der Waals surface area contributed by atoms with Crippen LogP contribution in [0, 0.1) is 0 Å². The van der Waals surface area contributed by atoms with Gasteiger partial charge in [-0.25, -0.2) is 0 Å². The highest BCUT2D eigenvalue weighted by Crippen LogP contribution is 2.21. The molecule has 0 unspecified atom stereocenters. The molecule has 0 atom stereocenters. The molecule has 0 aliphatic carbocycles. The van der Waals surface area contributed by atoms with Crippen LogP contribution in [-0.2, 0) is 0 Å². The number of allylic oxidation sites excluding steroid dienone is 1. The van der Waals surface area contributed by atoms with Crippen molar-refractivity contribution in [2.45, 2.75) is 13.8 Å². The van der Waals surface area contributed by atoms with Crippen molar-refractivity contribution in [1.29, 1.82) is 0 Å². The number of aromatic nitrogens is 1. The molecule has 0 N–H and O–H groups in total. The van der Waals surface area contributed by atoms with Crippen LogP contribution in [0.5, 0.6) is 0 Å². The lowest BCUT2D eigenvalue weighted by Crippen LogP contribution is -1.84. The lowest BCUT2D eigenvalue weighted by molar-refractivity contribution is 1.25. The molecular weight excluding hydrogens is 148 g/mol. The molecule has 0 bridgehead atoms. The van der Waals surface area contributed by atoms with E-state index in [0.29, 0.717) is 0 Å². The molecule has 0 aliphatic rings. The fourth-order valence-electron chi connectivity index (χ4n) is 0.969. The summed E-state index contributed by atoms with van der Waals surface area (Å²) in [5.74, 6) is 0. The molecule has 0 saturated carbocycles. The van der Waals surface area contributed by atoms with E-state index >= 15 is 0 Å². The van der Waals surface area contributed by atoms with Gasteiger partial charge in [-0.1, -0.05) is 6.58 Å². The van der Waals surface area contributed by atoms with E-state index in [1.54, 1.807) is 12.4 Å². The van der Waals surface area contributed by atoms with Crippen molar-refractivity contribution < 1.29 is 0 Å². The van der Waals surface area contributed by atoms with Crippen molar-refractivity contribution in [2.75, 3.05) is 0 Å². The first-order valence-corrected chi connectivity index (χ1v) is 3.85. The van der Waals surface area contributed by atoms with E-state index in [9.17, 15) is 0 Å². The molecule has 0 spiro atoms. The number of aliphatic imine (C=N–C) groups is 1. The zero-order valence-corrected chi connectivity index (χ0v) is 7.41. The fraction of sp³-hybridized carbons (Fsp3) is 0.200. The summed E-state index contributed by atoms with van der Waals surface area (Å²) in [6.07, 6.45) is 3.50. The number of hydrogen-bond acceptors (Lipinski definition) is 2. The first-order chi connectivity index (χ1) is 5.75. The van der Waals surface area contributed by atoms with Crippen molar-refractivity contribution in [1.82, 2.24) is 4.98 Å². The summed E-state index contributed by atoms with van der Waals surface area (Å²) in [5.41, 5.74) is 2.69. The van der Waals surface area contributed by atoms with Crippen molar-refractivity contribution in [3.05, 3.63) is 30.6 Å². The predicted octanol–water partition coefficient (Wildman–Crippen LogP) is 2.84. The molecule has 1 aromatic rings. The Morgan fingerprint density at radius 2 is 2.42 bits per heavy atom. The van der Waals surface area contributed by atoms with Crippen LogP contribution in [0.3, 0.4) is 0 Å². The topological polar surface area (TPSA) is 25.2 Å². The summed E-state index contributed by atoms with van der Waals surface area (Å²) in [7, 11) is 0. The Balaban J connectivity index is 3.17. The second-order valence-corrected chi connectivity index (χ2v) is 2.54. The van der Waals surface area contributed by atoms with Crippen LogP contribution in [0.4, 0.5) is 5.69 Å². The monoisotopic (exact) mass is 160 g/mol. The molecule has 0 aliphatic heterocycles. The van der Waals surface area contributed by atoms with Gasteiger partial charge in [0.15, 0.2) is 0 Å². The van der Waals surface area contributed by atoms with Gasteiger partial charge in [-0.15, -0.1) is 0 Å². The zero-order valence-electron chi connectivity index (χ0n) is 7.41. The second-order valence-electron chi connectivity index (χ2n) is 2.54. The molecule has 2 nitrogen and oxygen atoms in total. The quantitative estimate of drug-likeness (QED) is 0.611. The van der Waals surface area contributed by atoms with Gasteiger partial charge >= 0.3 is 0 Å². The third-order valence-electron chi connectivity index (χ3n) is 1.46. The normalized spacial score (nSPS) is 10.5. The van der Waals surface area contributed by atoms with Gasteiger partial charge in [0.25, 0.3) is 0 Å². The van der Waals surface area contributed by atoms with Gasteiger partial charge in [0.2, 0.25) is 0 Å². The average molecular weight is 160 g/mol. The lowest BCUT2D eigenvalue weighted by Gasteiger charge is -2.01. The van der Waals surface area contributed by atoms with Crippen LogP contribution in [0.15, 0.2) is 29.9 Å². The summed E-state index contributed by atoms with van der Waals surface area (Å²) >= 11 is 0. The molecule has 0 fully saturated rings. The fourth-order valence-corrected chi connectivity index (χ4v) is 0.969. The maximum absolute atomic E-state index is 4.18. The number of nitrogens with zero attached hydrogens (tertiary/aromatic N) is 2. The first-order valence-electron chi connectivity index (χ1n) is 3.85. The van der Waals surface area contributed by atoms with E-state index < -0.39 is 0 Å². The Morgan fingerprint density at radius 3 is 3.00 bits per heavy atom. The van der Waals surface area contributed by atoms with Gasteiger partial charge in [-0.2, -0.15) is 0 Å². The molecule has 12 heavy (non-hydrogen) atoms.